The van der Waals surface area contributed by atoms with E-state index in [2.05, 4.69) is 25.0 Å². The molecule has 178 valence electrons. The van der Waals surface area contributed by atoms with Gasteiger partial charge in [-0.05, 0) is 37.1 Å². The summed E-state index contributed by atoms with van der Waals surface area (Å²) in [4.78, 5) is 30.4. The second-order valence-corrected chi connectivity index (χ2v) is 8.75. The monoisotopic (exact) mass is 471 g/mol. The zero-order chi connectivity index (χ0) is 23.8. The fourth-order valence-electron chi connectivity index (χ4n) is 4.29. The number of benzene rings is 1. The van der Waals surface area contributed by atoms with Gasteiger partial charge in [0.2, 0.25) is 0 Å². The molecule has 1 saturated carbocycles. The molecule has 0 spiro atoms. The first-order chi connectivity index (χ1) is 17.2. The van der Waals surface area contributed by atoms with Crippen LogP contribution in [0.25, 0.3) is 17.3 Å². The van der Waals surface area contributed by atoms with Gasteiger partial charge in [-0.3, -0.25) is 9.36 Å². The molecule has 2 fully saturated rings. The van der Waals surface area contributed by atoms with Crippen LogP contribution < -0.4 is 9.64 Å². The van der Waals surface area contributed by atoms with E-state index >= 15 is 0 Å². The van der Waals surface area contributed by atoms with E-state index in [0.717, 1.165) is 48.8 Å². The van der Waals surface area contributed by atoms with Gasteiger partial charge in [0.1, 0.15) is 23.6 Å². The Morgan fingerprint density at radius 2 is 1.89 bits per heavy atom. The molecule has 1 aliphatic carbocycles. The number of carbonyl (C=O) groups is 1. The van der Waals surface area contributed by atoms with Crippen molar-refractivity contribution in [2.75, 3.05) is 38.2 Å². The molecule has 1 aromatic carbocycles. The molecule has 0 bridgehead atoms. The minimum Gasteiger partial charge on any atom is -0.495 e. The maximum absolute atomic E-state index is 13.1. The van der Waals surface area contributed by atoms with Crippen LogP contribution >= 0.6 is 0 Å². The molecule has 1 amide bonds. The molecule has 10 heteroatoms. The highest BCUT2D eigenvalue weighted by Crippen LogP contribution is 2.38. The largest absolute Gasteiger partial charge is 0.495 e. The highest BCUT2D eigenvalue weighted by molar-refractivity contribution is 5.92. The SMILES string of the molecule is COc1ccccc1N1CCN(C(=O)c2cn(-c3ccc(-c4nc(C5CC5)no4)cn3)cn2)CC1. The van der Waals surface area contributed by atoms with E-state index in [0.29, 0.717) is 36.4 Å². The molecule has 6 rings (SSSR count). The van der Waals surface area contributed by atoms with Gasteiger partial charge in [0, 0.05) is 44.5 Å². The number of pyridine rings is 1. The lowest BCUT2D eigenvalue weighted by molar-refractivity contribution is 0.0741. The first kappa shape index (κ1) is 21.3. The van der Waals surface area contributed by atoms with Gasteiger partial charge < -0.3 is 19.1 Å². The van der Waals surface area contributed by atoms with Crippen LogP contribution in [-0.4, -0.2) is 68.8 Å². The van der Waals surface area contributed by atoms with Crippen molar-refractivity contribution >= 4 is 11.6 Å². The zero-order valence-corrected chi connectivity index (χ0v) is 19.4. The molecule has 1 aliphatic heterocycles. The third-order valence-electron chi connectivity index (χ3n) is 6.44. The van der Waals surface area contributed by atoms with Crippen LogP contribution in [0.5, 0.6) is 5.75 Å². The molecular formula is C25H25N7O3. The first-order valence-corrected chi connectivity index (χ1v) is 11.7. The Balaban J connectivity index is 1.10. The smallest absolute Gasteiger partial charge is 0.274 e. The third-order valence-corrected chi connectivity index (χ3v) is 6.44. The second-order valence-electron chi connectivity index (χ2n) is 8.75. The van der Waals surface area contributed by atoms with Crippen LogP contribution in [0, 0.1) is 0 Å². The van der Waals surface area contributed by atoms with Gasteiger partial charge in [-0.25, -0.2) is 9.97 Å². The second kappa shape index (κ2) is 8.86. The fraction of sp³-hybridized carbons (Fsp3) is 0.320. The van der Waals surface area contributed by atoms with Crippen molar-refractivity contribution in [1.29, 1.82) is 0 Å². The molecule has 0 unspecified atom stereocenters. The Hall–Kier alpha value is -4.21. The number of aromatic nitrogens is 5. The number of piperazine rings is 1. The van der Waals surface area contributed by atoms with Gasteiger partial charge >= 0.3 is 0 Å². The molecule has 2 aliphatic rings. The minimum atomic E-state index is -0.0847. The number of anilines is 1. The molecule has 0 radical (unpaired) electrons. The highest BCUT2D eigenvalue weighted by atomic mass is 16.5. The lowest BCUT2D eigenvalue weighted by Crippen LogP contribution is -2.49. The van der Waals surface area contributed by atoms with Crippen LogP contribution in [0.1, 0.15) is 35.1 Å². The lowest BCUT2D eigenvalue weighted by atomic mass is 10.2. The Labute approximate surface area is 202 Å². The average Bonchev–Trinajstić information content (AvgIpc) is 3.44. The van der Waals surface area contributed by atoms with Crippen molar-refractivity contribution < 1.29 is 14.1 Å². The molecule has 4 heterocycles. The van der Waals surface area contributed by atoms with Crippen molar-refractivity contribution in [3.05, 3.63) is 66.6 Å². The van der Waals surface area contributed by atoms with Crippen LogP contribution in [-0.2, 0) is 0 Å². The number of carbonyl (C=O) groups excluding carboxylic acids is 1. The molecule has 3 aromatic heterocycles. The van der Waals surface area contributed by atoms with Crippen LogP contribution in [0.3, 0.4) is 0 Å². The highest BCUT2D eigenvalue weighted by Gasteiger charge is 2.29. The van der Waals surface area contributed by atoms with Crippen LogP contribution in [0.15, 0.2) is 59.6 Å². The number of amides is 1. The maximum atomic E-state index is 13.1. The Kier molecular flexibility index (Phi) is 5.40. The Morgan fingerprint density at radius 3 is 2.63 bits per heavy atom. The van der Waals surface area contributed by atoms with Crippen molar-refractivity contribution in [1.82, 2.24) is 29.6 Å². The van der Waals surface area contributed by atoms with E-state index in [1.807, 2.05) is 41.3 Å². The molecular weight excluding hydrogens is 446 g/mol. The number of hydrogen-bond acceptors (Lipinski definition) is 8. The molecule has 35 heavy (non-hydrogen) atoms. The standard InChI is InChI=1S/C25H25N7O3/c1-34-21-5-3-2-4-20(21)30-10-12-31(13-11-30)25(33)19-15-32(16-27-19)22-9-8-18(14-26-22)24-28-23(29-35-24)17-6-7-17/h2-5,8-9,14-17H,6-7,10-13H2,1H3. The summed E-state index contributed by atoms with van der Waals surface area (Å²) in [6.45, 7) is 2.69. The summed E-state index contributed by atoms with van der Waals surface area (Å²) in [6, 6.07) is 11.7. The summed E-state index contributed by atoms with van der Waals surface area (Å²) in [5.74, 6) is 3.09. The maximum Gasteiger partial charge on any atom is 0.274 e. The topological polar surface area (TPSA) is 102 Å². The van der Waals surface area contributed by atoms with Gasteiger partial charge in [-0.1, -0.05) is 17.3 Å². The van der Waals surface area contributed by atoms with Crippen LogP contribution in [0.4, 0.5) is 5.69 Å². The van der Waals surface area contributed by atoms with Gasteiger partial charge in [-0.15, -0.1) is 0 Å². The summed E-state index contributed by atoms with van der Waals surface area (Å²) in [6.07, 6.45) is 7.26. The van der Waals surface area contributed by atoms with E-state index in [4.69, 9.17) is 9.26 Å². The minimum absolute atomic E-state index is 0.0847. The van der Waals surface area contributed by atoms with Crippen LogP contribution in [0.2, 0.25) is 0 Å². The Morgan fingerprint density at radius 1 is 1.06 bits per heavy atom. The number of imidazole rings is 1. The summed E-state index contributed by atoms with van der Waals surface area (Å²) < 4.78 is 12.6. The zero-order valence-electron chi connectivity index (χ0n) is 19.4. The molecule has 0 atom stereocenters. The number of nitrogens with zero attached hydrogens (tertiary/aromatic N) is 7. The third kappa shape index (κ3) is 4.23. The summed E-state index contributed by atoms with van der Waals surface area (Å²) in [5.41, 5.74) is 2.20. The predicted molar refractivity (Wildman–Crippen MR) is 128 cm³/mol. The van der Waals surface area contributed by atoms with E-state index in [1.165, 1.54) is 0 Å². The first-order valence-electron chi connectivity index (χ1n) is 11.7. The van der Waals surface area contributed by atoms with Gasteiger partial charge in [0.15, 0.2) is 5.82 Å². The number of methoxy groups -OCH3 is 1. The average molecular weight is 472 g/mol. The summed E-state index contributed by atoms with van der Waals surface area (Å²) in [5, 5.41) is 4.05. The van der Waals surface area contributed by atoms with E-state index in [9.17, 15) is 4.79 Å². The van der Waals surface area contributed by atoms with Crippen molar-refractivity contribution in [2.45, 2.75) is 18.8 Å². The number of para-hydroxylation sites is 2. The van der Waals surface area contributed by atoms with Crippen molar-refractivity contribution in [2.24, 2.45) is 0 Å². The Bertz CT molecular complexity index is 1340. The lowest BCUT2D eigenvalue weighted by Gasteiger charge is -2.36. The number of ether oxygens (including phenoxy) is 1. The van der Waals surface area contributed by atoms with E-state index in [1.54, 1.807) is 30.4 Å². The fourth-order valence-corrected chi connectivity index (χ4v) is 4.29. The molecule has 4 aromatic rings. The molecule has 0 N–H and O–H groups in total. The van der Waals surface area contributed by atoms with E-state index in [-0.39, 0.29) is 5.91 Å². The van der Waals surface area contributed by atoms with Crippen molar-refractivity contribution in [3.8, 4) is 23.0 Å². The van der Waals surface area contributed by atoms with Gasteiger partial charge in [0.25, 0.3) is 11.8 Å². The van der Waals surface area contributed by atoms with Crippen molar-refractivity contribution in [3.63, 3.8) is 0 Å². The predicted octanol–water partition coefficient (Wildman–Crippen LogP) is 3.17. The number of rotatable bonds is 6. The quantitative estimate of drug-likeness (QED) is 0.423. The van der Waals surface area contributed by atoms with Gasteiger partial charge in [0.05, 0.1) is 18.4 Å². The molecule has 1 saturated heterocycles. The van der Waals surface area contributed by atoms with E-state index < -0.39 is 0 Å². The number of hydrogen-bond donors (Lipinski definition) is 0. The summed E-state index contributed by atoms with van der Waals surface area (Å²) >= 11 is 0. The summed E-state index contributed by atoms with van der Waals surface area (Å²) in [7, 11) is 1.67. The van der Waals surface area contributed by atoms with Gasteiger partial charge in [-0.2, -0.15) is 4.98 Å². The molecule has 10 nitrogen and oxygen atoms in total. The normalized spacial score (nSPS) is 15.9.